The topological polar surface area (TPSA) is 53.2 Å². The smallest absolute Gasteiger partial charge is 0.147 e. The van der Waals surface area contributed by atoms with Gasteiger partial charge in [0, 0.05) is 5.92 Å². The summed E-state index contributed by atoms with van der Waals surface area (Å²) in [5.74, 6) is 0.729. The number of hydrogen-bond donors (Lipinski definition) is 1. The normalized spacial score (nSPS) is 44.7. The van der Waals surface area contributed by atoms with Gasteiger partial charge in [0.2, 0.25) is 0 Å². The molecule has 2 rings (SSSR count). The van der Waals surface area contributed by atoms with Crippen LogP contribution in [0, 0.1) is 28.6 Å². The molecule has 0 aromatic carbocycles. The highest BCUT2D eigenvalue weighted by molar-refractivity contribution is 5.06. The Morgan fingerprint density at radius 1 is 1.43 bits per heavy atom. The summed E-state index contributed by atoms with van der Waals surface area (Å²) >= 11 is 0. The minimum Gasteiger partial charge on any atom is -0.394 e. The van der Waals surface area contributed by atoms with E-state index in [1.165, 1.54) is 0 Å². The summed E-state index contributed by atoms with van der Waals surface area (Å²) < 4.78 is 5.51. The minimum absolute atomic E-state index is 0.0510. The Morgan fingerprint density at radius 3 is 2.64 bits per heavy atom. The van der Waals surface area contributed by atoms with Gasteiger partial charge < -0.3 is 9.84 Å². The van der Waals surface area contributed by atoms with E-state index in [9.17, 15) is 0 Å². The largest absolute Gasteiger partial charge is 0.394 e. The van der Waals surface area contributed by atoms with Crippen molar-refractivity contribution in [1.82, 2.24) is 0 Å². The van der Waals surface area contributed by atoms with E-state index in [1.807, 2.05) is 0 Å². The molecule has 1 heterocycles. The van der Waals surface area contributed by atoms with Crippen LogP contribution in [0.1, 0.15) is 26.7 Å². The molecule has 3 nitrogen and oxygen atoms in total. The maximum atomic E-state index is 9.16. The first-order chi connectivity index (χ1) is 6.57. The molecule has 0 aromatic rings. The van der Waals surface area contributed by atoms with Crippen molar-refractivity contribution < 1.29 is 9.84 Å². The second-order valence-corrected chi connectivity index (χ2v) is 5.31. The maximum Gasteiger partial charge on any atom is 0.147 e. The van der Waals surface area contributed by atoms with Gasteiger partial charge in [-0.25, -0.2) is 0 Å². The molecule has 1 saturated heterocycles. The molecular weight excluding hydrogens is 178 g/mol. The molecule has 0 aromatic heterocycles. The molecule has 1 aliphatic heterocycles. The van der Waals surface area contributed by atoms with Crippen LogP contribution >= 0.6 is 0 Å². The number of ether oxygens (including phenoxy) is 1. The van der Waals surface area contributed by atoms with Crippen LogP contribution in [0.4, 0.5) is 0 Å². The Kier molecular flexibility index (Phi) is 2.29. The maximum absolute atomic E-state index is 9.16. The average molecular weight is 195 g/mol. The van der Waals surface area contributed by atoms with Crippen molar-refractivity contribution in [3.8, 4) is 6.07 Å². The fourth-order valence-electron chi connectivity index (χ4n) is 3.10. The van der Waals surface area contributed by atoms with Gasteiger partial charge in [-0.2, -0.15) is 5.26 Å². The van der Waals surface area contributed by atoms with Crippen molar-refractivity contribution in [3.05, 3.63) is 0 Å². The zero-order valence-electron chi connectivity index (χ0n) is 8.73. The van der Waals surface area contributed by atoms with Gasteiger partial charge in [0.15, 0.2) is 0 Å². The summed E-state index contributed by atoms with van der Waals surface area (Å²) in [5.41, 5.74) is 0.307. The van der Waals surface area contributed by atoms with Gasteiger partial charge in [-0.1, -0.05) is 13.8 Å². The van der Waals surface area contributed by atoms with Gasteiger partial charge in [0.25, 0.3) is 0 Å². The van der Waals surface area contributed by atoms with Gasteiger partial charge in [-0.15, -0.1) is 0 Å². The lowest BCUT2D eigenvalue weighted by molar-refractivity contribution is 0.00674. The van der Waals surface area contributed by atoms with Crippen LogP contribution in [0.3, 0.4) is 0 Å². The van der Waals surface area contributed by atoms with Crippen LogP contribution in [-0.4, -0.2) is 23.9 Å². The van der Waals surface area contributed by atoms with Gasteiger partial charge in [-0.05, 0) is 24.2 Å². The van der Waals surface area contributed by atoms with E-state index in [-0.39, 0.29) is 18.8 Å². The summed E-state index contributed by atoms with van der Waals surface area (Å²) in [6.45, 7) is 4.51. The number of nitriles is 1. The van der Waals surface area contributed by atoms with Crippen LogP contribution in [0.5, 0.6) is 0 Å². The Morgan fingerprint density at radius 2 is 2.07 bits per heavy atom. The van der Waals surface area contributed by atoms with Crippen molar-refractivity contribution in [1.29, 1.82) is 5.26 Å². The quantitative estimate of drug-likeness (QED) is 0.686. The summed E-state index contributed by atoms with van der Waals surface area (Å²) in [5, 5.41) is 18.1. The lowest BCUT2D eigenvalue weighted by atomic mass is 9.89. The first-order valence-electron chi connectivity index (χ1n) is 5.23. The highest BCUT2D eigenvalue weighted by Crippen LogP contribution is 2.52. The molecule has 0 radical (unpaired) electrons. The highest BCUT2D eigenvalue weighted by atomic mass is 16.5. The number of aliphatic hydroxyl groups excluding tert-OH is 1. The lowest BCUT2D eigenvalue weighted by Gasteiger charge is -2.21. The zero-order chi connectivity index (χ0) is 10.3. The summed E-state index contributed by atoms with van der Waals surface area (Å²) in [4.78, 5) is 0. The monoisotopic (exact) mass is 195 g/mol. The molecular formula is C11H17NO2. The SMILES string of the molecule is CC1(C)CC2[C@H](C#N)O[C@H](CO)[C@H]2C1. The second kappa shape index (κ2) is 3.22. The van der Waals surface area contributed by atoms with Crippen molar-refractivity contribution in [2.75, 3.05) is 6.61 Å². The molecule has 1 saturated carbocycles. The van der Waals surface area contributed by atoms with E-state index < -0.39 is 0 Å². The third-order valence-corrected chi connectivity index (χ3v) is 3.62. The molecule has 1 unspecified atom stereocenters. The summed E-state index contributed by atoms with van der Waals surface area (Å²) in [6.07, 6.45) is 1.72. The first kappa shape index (κ1) is 9.95. The van der Waals surface area contributed by atoms with E-state index in [0.717, 1.165) is 12.8 Å². The number of fused-ring (bicyclic) bond motifs is 1. The summed E-state index contributed by atoms with van der Waals surface area (Å²) in [6, 6.07) is 2.20. The highest BCUT2D eigenvalue weighted by Gasteiger charge is 2.52. The van der Waals surface area contributed by atoms with Crippen LogP contribution in [0.25, 0.3) is 0 Å². The van der Waals surface area contributed by atoms with Gasteiger partial charge in [-0.3, -0.25) is 0 Å². The Balaban J connectivity index is 2.17. The van der Waals surface area contributed by atoms with Crippen LogP contribution in [0.2, 0.25) is 0 Å². The number of hydrogen-bond acceptors (Lipinski definition) is 3. The molecule has 2 aliphatic rings. The van der Waals surface area contributed by atoms with Crippen LogP contribution in [-0.2, 0) is 4.74 Å². The Bertz CT molecular complexity index is 269. The molecule has 2 fully saturated rings. The molecule has 1 aliphatic carbocycles. The number of aliphatic hydroxyl groups is 1. The molecule has 0 spiro atoms. The zero-order valence-corrected chi connectivity index (χ0v) is 8.73. The van der Waals surface area contributed by atoms with Crippen molar-refractivity contribution >= 4 is 0 Å². The number of nitrogens with zero attached hydrogens (tertiary/aromatic N) is 1. The van der Waals surface area contributed by atoms with Gasteiger partial charge in [0.1, 0.15) is 6.10 Å². The Hall–Kier alpha value is -0.590. The second-order valence-electron chi connectivity index (χ2n) is 5.31. The van der Waals surface area contributed by atoms with Gasteiger partial charge in [0.05, 0.1) is 18.8 Å². The first-order valence-corrected chi connectivity index (χ1v) is 5.23. The standard InChI is InChI=1S/C11H17NO2/c1-11(2)3-7-8(4-11)10(6-13)14-9(7)5-12/h7-10,13H,3-4,6H2,1-2H3/t7?,8-,9-,10+/m0/s1. The average Bonchev–Trinajstić information content (AvgIpc) is 2.57. The van der Waals surface area contributed by atoms with Crippen LogP contribution < -0.4 is 0 Å². The van der Waals surface area contributed by atoms with Crippen molar-refractivity contribution in [3.63, 3.8) is 0 Å². The molecule has 78 valence electrons. The lowest BCUT2D eigenvalue weighted by Crippen LogP contribution is -2.22. The van der Waals surface area contributed by atoms with E-state index in [1.54, 1.807) is 0 Å². The molecule has 3 heteroatoms. The van der Waals surface area contributed by atoms with E-state index in [0.29, 0.717) is 17.3 Å². The third-order valence-electron chi connectivity index (χ3n) is 3.62. The molecule has 0 bridgehead atoms. The van der Waals surface area contributed by atoms with Crippen LogP contribution in [0.15, 0.2) is 0 Å². The predicted octanol–water partition coefficient (Wildman–Crippen LogP) is 1.32. The molecule has 14 heavy (non-hydrogen) atoms. The van der Waals surface area contributed by atoms with E-state index in [2.05, 4.69) is 19.9 Å². The predicted molar refractivity (Wildman–Crippen MR) is 51.4 cm³/mol. The molecule has 1 N–H and O–H groups in total. The number of rotatable bonds is 1. The fourth-order valence-corrected chi connectivity index (χ4v) is 3.10. The van der Waals surface area contributed by atoms with E-state index in [4.69, 9.17) is 15.1 Å². The fraction of sp³-hybridized carbons (Fsp3) is 0.909. The minimum atomic E-state index is -0.293. The van der Waals surface area contributed by atoms with Gasteiger partial charge >= 0.3 is 0 Å². The summed E-state index contributed by atoms with van der Waals surface area (Å²) in [7, 11) is 0. The van der Waals surface area contributed by atoms with Crippen molar-refractivity contribution in [2.24, 2.45) is 17.3 Å². The third kappa shape index (κ3) is 1.43. The Labute approximate surface area is 84.7 Å². The van der Waals surface area contributed by atoms with E-state index >= 15 is 0 Å². The molecule has 0 amide bonds. The molecule has 4 atom stereocenters. The van der Waals surface area contributed by atoms with Crippen molar-refractivity contribution in [2.45, 2.75) is 38.9 Å².